The molecule has 0 radical (unpaired) electrons. The first kappa shape index (κ1) is 21.5. The quantitative estimate of drug-likeness (QED) is 0.449. The number of nitrogens with zero attached hydrogens (tertiary/aromatic N) is 3. The zero-order valence-electron chi connectivity index (χ0n) is 18.9. The van der Waals surface area contributed by atoms with Crippen LogP contribution in [-0.2, 0) is 4.79 Å². The van der Waals surface area contributed by atoms with Gasteiger partial charge in [-0.15, -0.1) is 0 Å². The maximum atomic E-state index is 13.3. The van der Waals surface area contributed by atoms with Gasteiger partial charge in [0.2, 0.25) is 5.91 Å². The van der Waals surface area contributed by atoms with Crippen LogP contribution in [0.2, 0.25) is 0 Å². The number of methoxy groups -OCH3 is 1. The molecule has 1 N–H and O–H groups in total. The van der Waals surface area contributed by atoms with Crippen LogP contribution in [0.4, 0.5) is 11.4 Å². The third kappa shape index (κ3) is 4.05. The number of carbonyl (C=O) groups is 2. The lowest BCUT2D eigenvalue weighted by Gasteiger charge is -2.19. The Morgan fingerprint density at radius 3 is 2.62 bits per heavy atom. The summed E-state index contributed by atoms with van der Waals surface area (Å²) in [6.07, 6.45) is 3.04. The van der Waals surface area contributed by atoms with Crippen molar-refractivity contribution in [1.82, 2.24) is 9.78 Å². The molecule has 0 saturated carbocycles. The summed E-state index contributed by atoms with van der Waals surface area (Å²) in [6, 6.07) is 18.5. The smallest absolute Gasteiger partial charge is 0.259 e. The van der Waals surface area contributed by atoms with E-state index in [4.69, 9.17) is 9.15 Å². The van der Waals surface area contributed by atoms with E-state index in [1.165, 1.54) is 0 Å². The van der Waals surface area contributed by atoms with Crippen LogP contribution in [0.1, 0.15) is 29.0 Å². The van der Waals surface area contributed by atoms with E-state index in [-0.39, 0.29) is 11.8 Å². The van der Waals surface area contributed by atoms with Crippen LogP contribution in [0.25, 0.3) is 17.1 Å². The van der Waals surface area contributed by atoms with Crippen molar-refractivity contribution in [1.29, 1.82) is 0 Å². The Labute approximate surface area is 196 Å². The second-order valence-electron chi connectivity index (χ2n) is 8.07. The van der Waals surface area contributed by atoms with Crippen LogP contribution in [0.3, 0.4) is 0 Å². The van der Waals surface area contributed by atoms with Crippen molar-refractivity contribution in [2.24, 2.45) is 0 Å². The molecule has 172 valence electrons. The lowest BCUT2D eigenvalue weighted by Crippen LogP contribution is -2.24. The molecule has 8 nitrogen and oxygen atoms in total. The molecule has 3 heterocycles. The van der Waals surface area contributed by atoms with Gasteiger partial charge in [-0.3, -0.25) is 9.59 Å². The van der Waals surface area contributed by atoms with E-state index in [2.05, 4.69) is 10.4 Å². The van der Waals surface area contributed by atoms with E-state index in [9.17, 15) is 9.59 Å². The van der Waals surface area contributed by atoms with E-state index < -0.39 is 0 Å². The van der Waals surface area contributed by atoms with Crippen LogP contribution >= 0.6 is 0 Å². The summed E-state index contributed by atoms with van der Waals surface area (Å²) in [6.45, 7) is 2.50. The number of carbonyl (C=O) groups excluding carboxylic acids is 2. The largest absolute Gasteiger partial charge is 0.494 e. The molecule has 1 saturated heterocycles. The van der Waals surface area contributed by atoms with Gasteiger partial charge in [0, 0.05) is 30.9 Å². The minimum Gasteiger partial charge on any atom is -0.494 e. The maximum absolute atomic E-state index is 13.3. The van der Waals surface area contributed by atoms with Gasteiger partial charge in [0.1, 0.15) is 17.2 Å². The van der Waals surface area contributed by atoms with Gasteiger partial charge in [-0.2, -0.15) is 5.10 Å². The molecule has 8 heteroatoms. The minimum atomic E-state index is -0.335. The third-order valence-corrected chi connectivity index (χ3v) is 5.76. The molecule has 0 bridgehead atoms. The van der Waals surface area contributed by atoms with Gasteiger partial charge in [0.05, 0.1) is 24.0 Å². The summed E-state index contributed by atoms with van der Waals surface area (Å²) in [4.78, 5) is 27.2. The monoisotopic (exact) mass is 456 g/mol. The fourth-order valence-corrected chi connectivity index (χ4v) is 4.08. The van der Waals surface area contributed by atoms with Gasteiger partial charge < -0.3 is 19.4 Å². The van der Waals surface area contributed by atoms with Crippen molar-refractivity contribution < 1.29 is 18.7 Å². The van der Waals surface area contributed by atoms with Crippen LogP contribution in [-0.4, -0.2) is 35.2 Å². The van der Waals surface area contributed by atoms with Crippen molar-refractivity contribution in [3.63, 3.8) is 0 Å². The molecule has 0 atom stereocenters. The van der Waals surface area contributed by atoms with Gasteiger partial charge in [-0.25, -0.2) is 4.68 Å². The highest BCUT2D eigenvalue weighted by atomic mass is 16.5. The summed E-state index contributed by atoms with van der Waals surface area (Å²) >= 11 is 0. The number of ether oxygens (including phenoxy) is 1. The first-order valence-electron chi connectivity index (χ1n) is 11.0. The van der Waals surface area contributed by atoms with Gasteiger partial charge in [0.25, 0.3) is 5.91 Å². The molecular weight excluding hydrogens is 432 g/mol. The average Bonchev–Trinajstić information content (AvgIpc) is 3.59. The number of aryl methyl sites for hydroxylation is 1. The summed E-state index contributed by atoms with van der Waals surface area (Å²) in [5.74, 6) is 1.50. The molecule has 0 unspecified atom stereocenters. The number of hydrogen-bond acceptors (Lipinski definition) is 5. The predicted molar refractivity (Wildman–Crippen MR) is 129 cm³/mol. The molecule has 2 aromatic carbocycles. The Morgan fingerprint density at radius 2 is 1.94 bits per heavy atom. The fourth-order valence-electron chi connectivity index (χ4n) is 4.08. The van der Waals surface area contributed by atoms with Gasteiger partial charge in [0.15, 0.2) is 5.76 Å². The standard InChI is InChI=1S/C26H24N4O4/c1-17-10-13-22(34-17)25-20(16-30(28-25)19-7-4-3-5-8-19)26(32)27-18-11-12-21(23(15-18)33-2)29-14-6-9-24(29)31/h3-5,7-8,10-13,15-16H,6,9,14H2,1-2H3,(H,27,32). The topological polar surface area (TPSA) is 89.6 Å². The predicted octanol–water partition coefficient (Wildman–Crippen LogP) is 4.83. The summed E-state index contributed by atoms with van der Waals surface area (Å²) < 4.78 is 12.9. The van der Waals surface area contributed by atoms with Crippen LogP contribution in [0.15, 0.2) is 71.3 Å². The molecular formula is C26H24N4O4. The highest BCUT2D eigenvalue weighted by molar-refractivity contribution is 6.08. The first-order chi connectivity index (χ1) is 16.5. The first-order valence-corrected chi connectivity index (χ1v) is 11.0. The number of furan rings is 1. The number of amides is 2. The average molecular weight is 457 g/mol. The highest BCUT2D eigenvalue weighted by Gasteiger charge is 2.25. The molecule has 1 aliphatic rings. The van der Waals surface area contributed by atoms with Crippen molar-refractivity contribution in [2.45, 2.75) is 19.8 Å². The molecule has 0 aliphatic carbocycles. The number of para-hydroxylation sites is 1. The number of rotatable bonds is 6. The van der Waals surface area contributed by atoms with E-state index in [1.807, 2.05) is 43.3 Å². The lowest BCUT2D eigenvalue weighted by molar-refractivity contribution is -0.117. The molecule has 4 aromatic rings. The SMILES string of the molecule is COc1cc(NC(=O)c2cn(-c3ccccc3)nc2-c2ccc(C)o2)ccc1N1CCCC1=O. The molecule has 1 fully saturated rings. The van der Waals surface area contributed by atoms with Gasteiger partial charge >= 0.3 is 0 Å². The zero-order valence-corrected chi connectivity index (χ0v) is 18.9. The molecule has 5 rings (SSSR count). The molecule has 34 heavy (non-hydrogen) atoms. The zero-order chi connectivity index (χ0) is 23.7. The minimum absolute atomic E-state index is 0.0711. The van der Waals surface area contributed by atoms with E-state index >= 15 is 0 Å². The van der Waals surface area contributed by atoms with E-state index in [1.54, 1.807) is 47.2 Å². The number of benzene rings is 2. The van der Waals surface area contributed by atoms with Crippen LogP contribution in [0.5, 0.6) is 5.75 Å². The fraction of sp³-hybridized carbons (Fsp3) is 0.192. The Morgan fingerprint density at radius 1 is 1.12 bits per heavy atom. The van der Waals surface area contributed by atoms with Crippen LogP contribution < -0.4 is 15.0 Å². The summed E-state index contributed by atoms with van der Waals surface area (Å²) in [5.41, 5.74) is 2.89. The van der Waals surface area contributed by atoms with Gasteiger partial charge in [-0.1, -0.05) is 18.2 Å². The normalized spacial score (nSPS) is 13.4. The summed E-state index contributed by atoms with van der Waals surface area (Å²) in [5, 5.41) is 7.55. The van der Waals surface area contributed by atoms with Crippen molar-refractivity contribution in [3.8, 4) is 22.9 Å². The van der Waals surface area contributed by atoms with Crippen molar-refractivity contribution in [3.05, 3.63) is 78.2 Å². The number of aromatic nitrogens is 2. The number of hydrogen-bond donors (Lipinski definition) is 1. The van der Waals surface area contributed by atoms with Crippen LogP contribution in [0, 0.1) is 6.92 Å². The molecule has 1 aliphatic heterocycles. The second-order valence-corrected chi connectivity index (χ2v) is 8.07. The Bertz CT molecular complexity index is 1360. The van der Waals surface area contributed by atoms with E-state index in [0.29, 0.717) is 47.1 Å². The second kappa shape index (κ2) is 8.90. The van der Waals surface area contributed by atoms with Crippen molar-refractivity contribution in [2.75, 3.05) is 23.9 Å². The Balaban J connectivity index is 1.47. The third-order valence-electron chi connectivity index (χ3n) is 5.76. The Hall–Kier alpha value is -4.33. The van der Waals surface area contributed by atoms with Crippen molar-refractivity contribution >= 4 is 23.2 Å². The maximum Gasteiger partial charge on any atom is 0.259 e. The lowest BCUT2D eigenvalue weighted by atomic mass is 10.2. The number of nitrogens with one attached hydrogen (secondary N) is 1. The number of anilines is 2. The Kier molecular flexibility index (Phi) is 5.63. The molecule has 2 aromatic heterocycles. The highest BCUT2D eigenvalue weighted by Crippen LogP contribution is 2.34. The van der Waals surface area contributed by atoms with Gasteiger partial charge in [-0.05, 0) is 49.7 Å². The molecule has 0 spiro atoms. The van der Waals surface area contributed by atoms with E-state index in [0.717, 1.165) is 17.9 Å². The summed E-state index contributed by atoms with van der Waals surface area (Å²) in [7, 11) is 1.55. The molecule has 2 amide bonds.